The molecule has 3 nitrogen and oxygen atoms in total. The van der Waals surface area contributed by atoms with Crippen LogP contribution in [0.5, 0.6) is 11.5 Å². The molecule has 0 bridgehead atoms. The number of benzene rings is 2. The first-order valence-corrected chi connectivity index (χ1v) is 6.19. The van der Waals surface area contributed by atoms with Crippen LogP contribution >= 0.6 is 0 Å². The van der Waals surface area contributed by atoms with E-state index in [0.717, 1.165) is 23.8 Å². The molecule has 0 atom stereocenters. The zero-order valence-electron chi connectivity index (χ0n) is 10.8. The molecule has 0 aliphatic carbocycles. The molecule has 2 N–H and O–H groups in total. The quantitative estimate of drug-likeness (QED) is 0.827. The summed E-state index contributed by atoms with van der Waals surface area (Å²) in [5.74, 6) is -0.608. The van der Waals surface area contributed by atoms with Crippen LogP contribution in [-0.4, -0.2) is 13.2 Å². The predicted molar refractivity (Wildman–Crippen MR) is 71.7 cm³/mol. The van der Waals surface area contributed by atoms with E-state index in [9.17, 15) is 8.78 Å². The molecule has 0 saturated carbocycles. The summed E-state index contributed by atoms with van der Waals surface area (Å²) in [6, 6.07) is 10.4. The maximum Gasteiger partial charge on any atom is 0.165 e. The van der Waals surface area contributed by atoms with Gasteiger partial charge in [-0.25, -0.2) is 8.78 Å². The monoisotopic (exact) mass is 279 g/mol. The zero-order valence-corrected chi connectivity index (χ0v) is 10.8. The maximum absolute atomic E-state index is 13.3. The lowest BCUT2D eigenvalue weighted by atomic mass is 10.2. The van der Waals surface area contributed by atoms with Gasteiger partial charge in [-0.1, -0.05) is 18.2 Å². The molecule has 2 rings (SSSR count). The number of hydrogen-bond acceptors (Lipinski definition) is 3. The van der Waals surface area contributed by atoms with Crippen molar-refractivity contribution in [3.8, 4) is 11.5 Å². The molecule has 0 aromatic heterocycles. The van der Waals surface area contributed by atoms with Crippen molar-refractivity contribution >= 4 is 0 Å². The van der Waals surface area contributed by atoms with E-state index in [2.05, 4.69) is 0 Å². The molecular weight excluding hydrogens is 264 g/mol. The van der Waals surface area contributed by atoms with Crippen molar-refractivity contribution in [2.45, 2.75) is 6.54 Å². The van der Waals surface area contributed by atoms with E-state index < -0.39 is 11.6 Å². The Hall–Kier alpha value is -2.14. The molecule has 0 heterocycles. The van der Waals surface area contributed by atoms with E-state index >= 15 is 0 Å². The molecule has 0 spiro atoms. The predicted octanol–water partition coefficient (Wildman–Crippen LogP) is 2.88. The van der Waals surface area contributed by atoms with Crippen LogP contribution in [0, 0.1) is 11.6 Å². The first kappa shape index (κ1) is 14.3. The molecule has 0 radical (unpaired) electrons. The molecule has 0 fully saturated rings. The molecule has 0 amide bonds. The first-order chi connectivity index (χ1) is 9.70. The van der Waals surface area contributed by atoms with E-state index in [1.54, 1.807) is 6.07 Å². The lowest BCUT2D eigenvalue weighted by Gasteiger charge is -2.11. The van der Waals surface area contributed by atoms with Crippen molar-refractivity contribution in [1.29, 1.82) is 0 Å². The number of para-hydroxylation sites is 1. The number of rotatable bonds is 6. The molecule has 0 aliphatic rings. The van der Waals surface area contributed by atoms with Crippen LogP contribution in [0.2, 0.25) is 0 Å². The van der Waals surface area contributed by atoms with E-state index in [1.807, 2.05) is 18.2 Å². The van der Waals surface area contributed by atoms with Gasteiger partial charge in [0.15, 0.2) is 11.6 Å². The second kappa shape index (κ2) is 6.86. The minimum Gasteiger partial charge on any atom is -0.490 e. The van der Waals surface area contributed by atoms with Gasteiger partial charge in [-0.15, -0.1) is 0 Å². The molecular formula is C15H15F2NO2. The summed E-state index contributed by atoms with van der Waals surface area (Å²) >= 11 is 0. The summed E-state index contributed by atoms with van der Waals surface area (Å²) in [5, 5.41) is 0. The van der Waals surface area contributed by atoms with Gasteiger partial charge in [0, 0.05) is 18.2 Å². The average molecular weight is 279 g/mol. The molecule has 106 valence electrons. The zero-order chi connectivity index (χ0) is 14.4. The Morgan fingerprint density at radius 1 is 0.900 bits per heavy atom. The number of hydrogen-bond donors (Lipinski definition) is 1. The van der Waals surface area contributed by atoms with Gasteiger partial charge in [0.2, 0.25) is 0 Å². The summed E-state index contributed by atoms with van der Waals surface area (Å²) in [6.45, 7) is 0.696. The van der Waals surface area contributed by atoms with Gasteiger partial charge < -0.3 is 15.2 Å². The van der Waals surface area contributed by atoms with Crippen molar-refractivity contribution in [2.24, 2.45) is 5.73 Å². The highest BCUT2D eigenvalue weighted by atomic mass is 19.1. The summed E-state index contributed by atoms with van der Waals surface area (Å²) < 4.78 is 36.9. The van der Waals surface area contributed by atoms with Gasteiger partial charge in [0.25, 0.3) is 0 Å². The van der Waals surface area contributed by atoms with Crippen LogP contribution in [0.15, 0.2) is 42.5 Å². The highest BCUT2D eigenvalue weighted by molar-refractivity contribution is 5.33. The normalized spacial score (nSPS) is 10.3. The lowest BCUT2D eigenvalue weighted by Crippen LogP contribution is -2.11. The molecule has 2 aromatic carbocycles. The third kappa shape index (κ3) is 3.68. The second-order valence-electron chi connectivity index (χ2n) is 4.08. The summed E-state index contributed by atoms with van der Waals surface area (Å²) in [6.07, 6.45) is 0. The largest absolute Gasteiger partial charge is 0.490 e. The van der Waals surface area contributed by atoms with Crippen molar-refractivity contribution in [3.05, 3.63) is 59.7 Å². The van der Waals surface area contributed by atoms with Gasteiger partial charge in [0.05, 0.1) is 0 Å². The number of halogens is 2. The van der Waals surface area contributed by atoms with Gasteiger partial charge in [0.1, 0.15) is 24.8 Å². The molecule has 5 heteroatoms. The SMILES string of the molecule is NCc1ccccc1OCCOc1cc(F)ccc1F. The first-order valence-electron chi connectivity index (χ1n) is 6.19. The van der Waals surface area contributed by atoms with E-state index in [-0.39, 0.29) is 19.0 Å². The Labute approximate surface area is 115 Å². The van der Waals surface area contributed by atoms with Gasteiger partial charge in [-0.3, -0.25) is 0 Å². The fraction of sp³-hybridized carbons (Fsp3) is 0.200. The fourth-order valence-electron chi connectivity index (χ4n) is 1.70. The van der Waals surface area contributed by atoms with Gasteiger partial charge in [-0.05, 0) is 18.2 Å². The van der Waals surface area contributed by atoms with Crippen LogP contribution in [0.1, 0.15) is 5.56 Å². The van der Waals surface area contributed by atoms with Crippen LogP contribution in [0.3, 0.4) is 0 Å². The Morgan fingerprint density at radius 3 is 2.35 bits per heavy atom. The van der Waals surface area contributed by atoms with E-state index in [1.165, 1.54) is 0 Å². The standard InChI is InChI=1S/C15H15F2NO2/c16-12-5-6-13(17)15(9-12)20-8-7-19-14-4-2-1-3-11(14)10-18/h1-6,9H,7-8,10,18H2. The van der Waals surface area contributed by atoms with Gasteiger partial charge >= 0.3 is 0 Å². The Kier molecular flexibility index (Phi) is 4.90. The fourth-order valence-corrected chi connectivity index (χ4v) is 1.70. The summed E-state index contributed by atoms with van der Waals surface area (Å²) in [7, 11) is 0. The molecule has 20 heavy (non-hydrogen) atoms. The highest BCUT2D eigenvalue weighted by Crippen LogP contribution is 2.19. The third-order valence-corrected chi connectivity index (χ3v) is 2.68. The van der Waals surface area contributed by atoms with Crippen molar-refractivity contribution < 1.29 is 18.3 Å². The van der Waals surface area contributed by atoms with Crippen LogP contribution in [0.25, 0.3) is 0 Å². The molecule has 0 unspecified atom stereocenters. The van der Waals surface area contributed by atoms with Crippen LogP contribution in [0.4, 0.5) is 8.78 Å². The molecule has 0 saturated heterocycles. The van der Waals surface area contributed by atoms with E-state index in [0.29, 0.717) is 12.3 Å². The maximum atomic E-state index is 13.3. The minimum atomic E-state index is -0.603. The van der Waals surface area contributed by atoms with E-state index in [4.69, 9.17) is 15.2 Å². The topological polar surface area (TPSA) is 44.5 Å². The second-order valence-corrected chi connectivity index (χ2v) is 4.08. The Morgan fingerprint density at radius 2 is 1.60 bits per heavy atom. The van der Waals surface area contributed by atoms with Crippen molar-refractivity contribution in [3.63, 3.8) is 0 Å². The lowest BCUT2D eigenvalue weighted by molar-refractivity contribution is 0.209. The Balaban J connectivity index is 1.86. The van der Waals surface area contributed by atoms with Crippen molar-refractivity contribution in [1.82, 2.24) is 0 Å². The summed E-state index contributed by atoms with van der Waals surface area (Å²) in [4.78, 5) is 0. The number of nitrogens with two attached hydrogens (primary N) is 1. The smallest absolute Gasteiger partial charge is 0.165 e. The summed E-state index contributed by atoms with van der Waals surface area (Å²) in [5.41, 5.74) is 6.46. The van der Waals surface area contributed by atoms with Gasteiger partial charge in [-0.2, -0.15) is 0 Å². The van der Waals surface area contributed by atoms with Crippen LogP contribution < -0.4 is 15.2 Å². The molecule has 0 aliphatic heterocycles. The molecule has 2 aromatic rings. The van der Waals surface area contributed by atoms with Crippen molar-refractivity contribution in [2.75, 3.05) is 13.2 Å². The average Bonchev–Trinajstić information content (AvgIpc) is 2.47. The minimum absolute atomic E-state index is 0.110. The third-order valence-electron chi connectivity index (χ3n) is 2.68. The highest BCUT2D eigenvalue weighted by Gasteiger charge is 2.05. The Bertz CT molecular complexity index is 576. The number of ether oxygens (including phenoxy) is 2. The van der Waals surface area contributed by atoms with Crippen LogP contribution in [-0.2, 0) is 6.54 Å².